The van der Waals surface area contributed by atoms with Gasteiger partial charge in [0.2, 0.25) is 5.90 Å². The normalized spacial score (nSPS) is 19.9. The molecule has 9 nitrogen and oxygen atoms in total. The fraction of sp³-hybridized carbons (Fsp3) is 0.310. The zero-order chi connectivity index (χ0) is 27.2. The van der Waals surface area contributed by atoms with Gasteiger partial charge in [0.1, 0.15) is 5.75 Å². The van der Waals surface area contributed by atoms with Crippen LogP contribution in [0.1, 0.15) is 42.1 Å². The predicted octanol–water partition coefficient (Wildman–Crippen LogP) is 5.93. The minimum atomic E-state index is -1.36. The number of aliphatic hydroxyl groups is 1. The van der Waals surface area contributed by atoms with Crippen molar-refractivity contribution in [3.8, 4) is 5.75 Å². The smallest absolute Gasteiger partial charge is 0.252 e. The molecule has 39 heavy (non-hydrogen) atoms. The second kappa shape index (κ2) is 11.9. The zero-order valence-electron chi connectivity index (χ0n) is 21.2. The quantitative estimate of drug-likeness (QED) is 0.124. The number of benzene rings is 3. The van der Waals surface area contributed by atoms with E-state index in [9.17, 15) is 4.79 Å². The molecule has 2 atom stereocenters. The van der Waals surface area contributed by atoms with Crippen LogP contribution in [0.5, 0.6) is 5.75 Å². The van der Waals surface area contributed by atoms with Crippen LogP contribution in [0.4, 0.5) is 5.69 Å². The van der Waals surface area contributed by atoms with Crippen molar-refractivity contribution >= 4 is 33.4 Å². The maximum Gasteiger partial charge on any atom is 0.252 e. The highest BCUT2D eigenvalue weighted by atomic mass is 79.9. The molecule has 2 N–H and O–H groups in total. The number of hydrogen-bond donors (Lipinski definition) is 2. The van der Waals surface area contributed by atoms with Crippen LogP contribution in [0, 0.1) is 0 Å². The Kier molecular flexibility index (Phi) is 8.16. The Morgan fingerprint density at radius 3 is 2.62 bits per heavy atom. The molecule has 1 heterocycles. The summed E-state index contributed by atoms with van der Waals surface area (Å²) in [7, 11) is 0. The molecule has 0 spiro atoms. The monoisotopic (exact) mass is 589 g/mol. The largest absolute Gasteiger partial charge is 0.494 e. The SMILES string of the molecule is [N-]=[N+]=Nc1ccccc1C[C@@]1(C(=O)NC2CC2)N=C(c2ccc(OCCCO)cc2)O[C@@H]1c1ccccc1Br. The van der Waals surface area contributed by atoms with E-state index < -0.39 is 11.6 Å². The lowest BCUT2D eigenvalue weighted by atomic mass is 9.81. The van der Waals surface area contributed by atoms with E-state index in [1.807, 2.05) is 60.7 Å². The number of amides is 1. The molecular formula is C29H28BrN5O4. The third-order valence-electron chi connectivity index (χ3n) is 6.73. The standard InChI is InChI=1S/C29H28BrN5O4/c30-24-8-3-2-7-23(24)26-29(28(37)32-21-12-13-21,18-20-6-1-4-9-25(20)34-35-31)33-27(39-26)19-10-14-22(15-11-19)38-17-5-16-36/h1-4,6-11,14-15,21,26,36H,5,12-13,16-18H2,(H,32,37)/t26-,29-/m1/s1. The Morgan fingerprint density at radius 1 is 1.15 bits per heavy atom. The number of rotatable bonds is 11. The number of nitrogens with one attached hydrogen (secondary N) is 1. The first-order valence-electron chi connectivity index (χ1n) is 12.8. The summed E-state index contributed by atoms with van der Waals surface area (Å²) in [4.78, 5) is 22.1. The average Bonchev–Trinajstić information content (AvgIpc) is 3.69. The van der Waals surface area contributed by atoms with Crippen LogP contribution in [0.25, 0.3) is 10.4 Å². The van der Waals surface area contributed by atoms with Crippen LogP contribution < -0.4 is 10.1 Å². The van der Waals surface area contributed by atoms with Crippen molar-refractivity contribution in [2.24, 2.45) is 10.1 Å². The van der Waals surface area contributed by atoms with Gasteiger partial charge in [0.05, 0.1) is 6.61 Å². The lowest BCUT2D eigenvalue weighted by Crippen LogP contribution is -2.50. The van der Waals surface area contributed by atoms with Crippen LogP contribution in [-0.4, -0.2) is 41.7 Å². The number of aliphatic hydroxyl groups excluding tert-OH is 1. The second-order valence-corrected chi connectivity index (χ2v) is 10.4. The molecule has 1 aliphatic carbocycles. The molecule has 0 unspecified atom stereocenters. The second-order valence-electron chi connectivity index (χ2n) is 9.55. The predicted molar refractivity (Wildman–Crippen MR) is 151 cm³/mol. The molecule has 1 aliphatic heterocycles. The van der Waals surface area contributed by atoms with Crippen molar-refractivity contribution in [2.45, 2.75) is 43.4 Å². The van der Waals surface area contributed by atoms with Crippen molar-refractivity contribution in [3.05, 3.63) is 104 Å². The van der Waals surface area contributed by atoms with Crippen LogP contribution >= 0.6 is 15.9 Å². The molecule has 3 aromatic carbocycles. The molecule has 10 heteroatoms. The van der Waals surface area contributed by atoms with Gasteiger partial charge in [-0.15, -0.1) is 0 Å². The van der Waals surface area contributed by atoms with Crippen LogP contribution in [-0.2, 0) is 16.0 Å². The Hall–Kier alpha value is -3.85. The molecule has 0 aromatic heterocycles. The van der Waals surface area contributed by atoms with Crippen LogP contribution in [0.2, 0.25) is 0 Å². The molecule has 5 rings (SSSR count). The fourth-order valence-electron chi connectivity index (χ4n) is 4.58. The van der Waals surface area contributed by atoms with Crippen molar-refractivity contribution in [1.29, 1.82) is 0 Å². The first-order valence-corrected chi connectivity index (χ1v) is 13.6. The summed E-state index contributed by atoms with van der Waals surface area (Å²) in [5, 5.41) is 16.0. The number of ether oxygens (including phenoxy) is 2. The topological polar surface area (TPSA) is 129 Å². The summed E-state index contributed by atoms with van der Waals surface area (Å²) in [6, 6.07) is 22.3. The Morgan fingerprint density at radius 2 is 1.90 bits per heavy atom. The van der Waals surface area contributed by atoms with Crippen LogP contribution in [0.15, 0.2) is 87.4 Å². The van der Waals surface area contributed by atoms with E-state index in [4.69, 9.17) is 25.1 Å². The maximum absolute atomic E-state index is 14.1. The van der Waals surface area contributed by atoms with Gasteiger partial charge in [-0.25, -0.2) is 4.99 Å². The Labute approximate surface area is 234 Å². The van der Waals surface area contributed by atoms with Gasteiger partial charge in [-0.05, 0) is 54.3 Å². The molecule has 0 saturated heterocycles. The minimum absolute atomic E-state index is 0.0625. The fourth-order valence-corrected chi connectivity index (χ4v) is 5.07. The third kappa shape index (κ3) is 5.93. The van der Waals surface area contributed by atoms with E-state index >= 15 is 0 Å². The van der Waals surface area contributed by atoms with Gasteiger partial charge in [-0.1, -0.05) is 63.5 Å². The molecule has 2 aliphatic rings. The summed E-state index contributed by atoms with van der Waals surface area (Å²) in [6.45, 7) is 0.472. The highest BCUT2D eigenvalue weighted by Gasteiger charge is 2.54. The molecule has 1 amide bonds. The first kappa shape index (κ1) is 26.7. The molecule has 1 saturated carbocycles. The Bertz CT molecular complexity index is 1420. The van der Waals surface area contributed by atoms with Gasteiger partial charge in [0, 0.05) is 51.7 Å². The van der Waals surface area contributed by atoms with E-state index in [0.717, 1.165) is 22.9 Å². The van der Waals surface area contributed by atoms with Crippen molar-refractivity contribution in [2.75, 3.05) is 13.2 Å². The van der Waals surface area contributed by atoms with Crippen molar-refractivity contribution in [1.82, 2.24) is 5.32 Å². The zero-order valence-corrected chi connectivity index (χ0v) is 22.8. The van der Waals surface area contributed by atoms with Gasteiger partial charge in [-0.2, -0.15) is 0 Å². The number of aliphatic imine (C=N–C) groups is 1. The minimum Gasteiger partial charge on any atom is -0.494 e. The number of hydrogen-bond acceptors (Lipinski definition) is 6. The molecule has 1 fully saturated rings. The third-order valence-corrected chi connectivity index (χ3v) is 7.46. The summed E-state index contributed by atoms with van der Waals surface area (Å²) in [5.74, 6) is 0.763. The van der Waals surface area contributed by atoms with E-state index in [2.05, 4.69) is 31.3 Å². The molecule has 0 bridgehead atoms. The van der Waals surface area contributed by atoms with E-state index in [1.165, 1.54) is 0 Å². The highest BCUT2D eigenvalue weighted by Crippen LogP contribution is 2.46. The summed E-state index contributed by atoms with van der Waals surface area (Å²) in [5.41, 5.74) is 10.4. The number of carbonyl (C=O) groups excluding carboxylic acids is 1. The maximum atomic E-state index is 14.1. The van der Waals surface area contributed by atoms with Gasteiger partial charge in [0.25, 0.3) is 5.91 Å². The number of azide groups is 1. The van der Waals surface area contributed by atoms with E-state index in [1.54, 1.807) is 12.1 Å². The number of nitrogens with zero attached hydrogens (tertiary/aromatic N) is 4. The summed E-state index contributed by atoms with van der Waals surface area (Å²) in [6.07, 6.45) is 1.80. The molecular weight excluding hydrogens is 562 g/mol. The van der Waals surface area contributed by atoms with Crippen LogP contribution in [0.3, 0.4) is 0 Å². The average molecular weight is 590 g/mol. The molecule has 3 aromatic rings. The van der Waals surface area contributed by atoms with Crippen molar-refractivity contribution < 1.29 is 19.4 Å². The lowest BCUT2D eigenvalue weighted by Gasteiger charge is -2.31. The summed E-state index contributed by atoms with van der Waals surface area (Å²) >= 11 is 3.65. The number of halogens is 1. The van der Waals surface area contributed by atoms with E-state index in [0.29, 0.717) is 41.5 Å². The lowest BCUT2D eigenvalue weighted by molar-refractivity contribution is -0.129. The first-order chi connectivity index (χ1) is 19.0. The Balaban J connectivity index is 1.60. The summed E-state index contributed by atoms with van der Waals surface area (Å²) < 4.78 is 13.0. The van der Waals surface area contributed by atoms with Gasteiger partial charge in [-0.3, -0.25) is 4.79 Å². The highest BCUT2D eigenvalue weighted by molar-refractivity contribution is 9.10. The van der Waals surface area contributed by atoms with Crippen molar-refractivity contribution in [3.63, 3.8) is 0 Å². The van der Waals surface area contributed by atoms with E-state index in [-0.39, 0.29) is 25.0 Å². The van der Waals surface area contributed by atoms with Gasteiger partial charge in [0.15, 0.2) is 11.6 Å². The van der Waals surface area contributed by atoms with Gasteiger partial charge < -0.3 is 19.9 Å². The molecule has 200 valence electrons. The van der Waals surface area contributed by atoms with Gasteiger partial charge >= 0.3 is 0 Å². The number of carbonyl (C=O) groups is 1. The molecule has 0 radical (unpaired) electrons.